The molecule has 0 saturated heterocycles. The summed E-state index contributed by atoms with van der Waals surface area (Å²) in [6, 6.07) is 56.4. The number of benzene rings is 10. The monoisotopic (exact) mass is 1050 g/mol. The second-order valence-corrected chi connectivity index (χ2v) is 22.8. The number of alkyl halides is 3. The molecular formula is C74H62F3N3. The van der Waals surface area contributed by atoms with E-state index in [2.05, 4.69) is 220 Å². The predicted octanol–water partition coefficient (Wildman–Crippen LogP) is 20.8. The summed E-state index contributed by atoms with van der Waals surface area (Å²) in [6.07, 6.45) is -4.60. The van der Waals surface area contributed by atoms with Gasteiger partial charge in [0.05, 0.1) is 50.6 Å². The lowest BCUT2D eigenvalue weighted by atomic mass is 9.91. The molecule has 0 aliphatic rings. The first-order valence-electron chi connectivity index (χ1n) is 27.4. The van der Waals surface area contributed by atoms with Crippen molar-refractivity contribution in [2.24, 2.45) is 0 Å². The van der Waals surface area contributed by atoms with E-state index in [1.807, 2.05) is 12.1 Å². The highest BCUT2D eigenvalue weighted by molar-refractivity contribution is 6.14. The molecule has 0 aliphatic carbocycles. The molecule has 2 heterocycles. The Morgan fingerprint density at radius 1 is 0.338 bits per heavy atom. The number of halogens is 3. The zero-order chi connectivity index (χ0) is 56.4. The van der Waals surface area contributed by atoms with E-state index in [9.17, 15) is 18.4 Å². The molecule has 0 atom stereocenters. The summed E-state index contributed by atoms with van der Waals surface area (Å²) in [5.74, 6) is 0. The minimum absolute atomic E-state index is 0.254. The van der Waals surface area contributed by atoms with E-state index in [1.54, 1.807) is 6.07 Å². The SMILES string of the molecule is Cc1cc(C)c(-c2ccc3c(c2)c2cc(-c4c(C)cc(C)cc4C)ccc2n3-c2cc(C#N)c(-c3cccc(C(F)(F)F)c3)cc2-n2c3ccc(-c4c(C)cc(C)cc4C)cc3c3cc(-c4c(C)cc(C)cc4C)ccc32)c(C)c1. The Bertz CT molecular complexity index is 4340. The molecule has 0 radical (unpaired) electrons. The minimum atomic E-state index is -4.60. The highest BCUT2D eigenvalue weighted by Crippen LogP contribution is 2.46. The van der Waals surface area contributed by atoms with Crippen LogP contribution in [0.25, 0.3) is 111 Å². The molecule has 394 valence electrons. The van der Waals surface area contributed by atoms with Gasteiger partial charge in [0.25, 0.3) is 0 Å². The van der Waals surface area contributed by atoms with Crippen LogP contribution in [-0.4, -0.2) is 9.13 Å². The maximum Gasteiger partial charge on any atom is 0.416 e. The van der Waals surface area contributed by atoms with Crippen molar-refractivity contribution in [2.45, 2.75) is 89.3 Å². The third-order valence-electron chi connectivity index (χ3n) is 16.6. The molecule has 0 N–H and O–H groups in total. The molecule has 0 aliphatic heterocycles. The van der Waals surface area contributed by atoms with Gasteiger partial charge in [-0.2, -0.15) is 18.4 Å². The van der Waals surface area contributed by atoms with Crippen molar-refractivity contribution in [3.63, 3.8) is 0 Å². The van der Waals surface area contributed by atoms with Crippen molar-refractivity contribution in [3.8, 4) is 73.1 Å². The minimum Gasteiger partial charge on any atom is -0.307 e. The Labute approximate surface area is 466 Å². The van der Waals surface area contributed by atoms with Gasteiger partial charge in [0.2, 0.25) is 0 Å². The highest BCUT2D eigenvalue weighted by Gasteiger charge is 2.31. The van der Waals surface area contributed by atoms with Crippen LogP contribution in [0.15, 0.2) is 158 Å². The first-order chi connectivity index (χ1) is 38.2. The van der Waals surface area contributed by atoms with Crippen molar-refractivity contribution < 1.29 is 13.2 Å². The fourth-order valence-electron chi connectivity index (χ4n) is 13.9. The average molecular weight is 1050 g/mol. The summed E-state index contributed by atoms with van der Waals surface area (Å²) in [4.78, 5) is 0. The lowest BCUT2D eigenvalue weighted by molar-refractivity contribution is -0.137. The molecule has 10 aromatic carbocycles. The number of rotatable bonds is 7. The van der Waals surface area contributed by atoms with Crippen molar-refractivity contribution in [3.05, 3.63) is 236 Å². The normalized spacial score (nSPS) is 11.9. The number of aromatic nitrogens is 2. The van der Waals surface area contributed by atoms with Gasteiger partial charge in [-0.15, -0.1) is 0 Å². The van der Waals surface area contributed by atoms with Crippen LogP contribution in [0.2, 0.25) is 0 Å². The van der Waals surface area contributed by atoms with E-state index in [0.29, 0.717) is 22.5 Å². The molecule has 6 heteroatoms. The van der Waals surface area contributed by atoms with Crippen molar-refractivity contribution in [1.29, 1.82) is 5.26 Å². The van der Waals surface area contributed by atoms with Gasteiger partial charge in [0, 0.05) is 27.1 Å². The van der Waals surface area contributed by atoms with Crippen LogP contribution < -0.4 is 0 Å². The molecule has 3 nitrogen and oxygen atoms in total. The summed E-state index contributed by atoms with van der Waals surface area (Å²) in [7, 11) is 0. The van der Waals surface area contributed by atoms with Gasteiger partial charge >= 0.3 is 6.18 Å². The lowest BCUT2D eigenvalue weighted by Crippen LogP contribution is -2.07. The second kappa shape index (κ2) is 19.2. The summed E-state index contributed by atoms with van der Waals surface area (Å²) in [6.45, 7) is 25.9. The number of aryl methyl sites for hydroxylation is 12. The van der Waals surface area contributed by atoms with Gasteiger partial charge in [-0.3, -0.25) is 0 Å². The molecule has 0 amide bonds. The molecule has 0 spiro atoms. The molecule has 12 rings (SSSR count). The Hall–Kier alpha value is -8.92. The number of fused-ring (bicyclic) bond motifs is 6. The molecular weight excluding hydrogens is 988 g/mol. The summed E-state index contributed by atoms with van der Waals surface area (Å²) in [5, 5.41) is 15.4. The second-order valence-electron chi connectivity index (χ2n) is 22.8. The van der Waals surface area contributed by atoms with Crippen LogP contribution in [0.1, 0.15) is 77.9 Å². The van der Waals surface area contributed by atoms with Gasteiger partial charge < -0.3 is 9.13 Å². The summed E-state index contributed by atoms with van der Waals surface area (Å²) < 4.78 is 48.5. The van der Waals surface area contributed by atoms with E-state index in [4.69, 9.17) is 0 Å². The van der Waals surface area contributed by atoms with Gasteiger partial charge in [-0.1, -0.05) is 107 Å². The molecule has 80 heavy (non-hydrogen) atoms. The third kappa shape index (κ3) is 8.59. The zero-order valence-electron chi connectivity index (χ0n) is 47.5. The van der Waals surface area contributed by atoms with Crippen LogP contribution in [-0.2, 0) is 6.18 Å². The first-order valence-corrected chi connectivity index (χ1v) is 27.4. The zero-order valence-corrected chi connectivity index (χ0v) is 47.5. The Morgan fingerprint density at radius 2 is 0.637 bits per heavy atom. The highest BCUT2D eigenvalue weighted by atomic mass is 19.4. The summed E-state index contributed by atoms with van der Waals surface area (Å²) in [5.41, 5.74) is 28.8. The Balaban J connectivity index is 1.23. The van der Waals surface area contributed by atoms with Gasteiger partial charge in [-0.25, -0.2) is 0 Å². The van der Waals surface area contributed by atoms with Crippen LogP contribution in [0, 0.1) is 94.4 Å². The maximum atomic E-state index is 14.6. The standard InChI is InChI=1S/C74H62F3N3/c1-40-24-44(5)70(45(6)25-40)53-16-20-64-60(33-53)61-34-54(71-46(7)26-41(2)27-47(71)8)17-21-65(61)79(64)68-37-57(39-78)59(52-14-13-15-58(32-52)74(75,76)77)38-69(68)80-66-22-18-55(72-48(9)28-42(3)29-49(72)10)35-62(66)63-36-56(19-23-67(63)80)73-50(11)30-43(4)31-51(73)12/h13-38H,1-12H3. The van der Waals surface area contributed by atoms with E-state index in [1.165, 1.54) is 95.1 Å². The van der Waals surface area contributed by atoms with Crippen molar-refractivity contribution in [1.82, 2.24) is 9.13 Å². The van der Waals surface area contributed by atoms with Gasteiger partial charge in [0.15, 0.2) is 0 Å². The number of nitrogens with zero attached hydrogens (tertiary/aromatic N) is 3. The van der Waals surface area contributed by atoms with E-state index in [0.717, 1.165) is 78.0 Å². The molecule has 0 unspecified atom stereocenters. The maximum absolute atomic E-state index is 14.6. The molecule has 0 saturated carbocycles. The fourth-order valence-corrected chi connectivity index (χ4v) is 13.9. The molecule has 2 aromatic heterocycles. The lowest BCUT2D eigenvalue weighted by Gasteiger charge is -2.20. The molecule has 0 bridgehead atoms. The van der Waals surface area contributed by atoms with Crippen molar-refractivity contribution in [2.75, 3.05) is 0 Å². The van der Waals surface area contributed by atoms with E-state index < -0.39 is 11.7 Å². The molecule has 0 fully saturated rings. The van der Waals surface area contributed by atoms with Crippen LogP contribution >= 0.6 is 0 Å². The Kier molecular flexibility index (Phi) is 12.4. The van der Waals surface area contributed by atoms with Gasteiger partial charge in [-0.05, 0) is 250 Å². The van der Waals surface area contributed by atoms with Gasteiger partial charge in [0.1, 0.15) is 0 Å². The predicted molar refractivity (Wildman–Crippen MR) is 329 cm³/mol. The van der Waals surface area contributed by atoms with E-state index >= 15 is 0 Å². The fraction of sp³-hybridized carbons (Fsp3) is 0.176. The van der Waals surface area contributed by atoms with Crippen molar-refractivity contribution >= 4 is 43.6 Å². The van der Waals surface area contributed by atoms with E-state index in [-0.39, 0.29) is 5.56 Å². The van der Waals surface area contributed by atoms with Crippen LogP contribution in [0.3, 0.4) is 0 Å². The van der Waals surface area contributed by atoms with Crippen LogP contribution in [0.5, 0.6) is 0 Å². The number of hydrogen-bond acceptors (Lipinski definition) is 1. The molecule has 12 aromatic rings. The average Bonchev–Trinajstić information content (AvgIpc) is 3.06. The first kappa shape index (κ1) is 51.8. The Morgan fingerprint density at radius 3 is 0.925 bits per heavy atom. The topological polar surface area (TPSA) is 33.6 Å². The third-order valence-corrected chi connectivity index (χ3v) is 16.6. The number of hydrogen-bond donors (Lipinski definition) is 0. The quantitative estimate of drug-likeness (QED) is 0.157. The largest absolute Gasteiger partial charge is 0.416 e. The van der Waals surface area contributed by atoms with Crippen LogP contribution in [0.4, 0.5) is 13.2 Å². The number of nitriles is 1. The smallest absolute Gasteiger partial charge is 0.307 e. The summed E-state index contributed by atoms with van der Waals surface area (Å²) >= 11 is 0.